The Bertz CT molecular complexity index is 432. The van der Waals surface area contributed by atoms with Gasteiger partial charge in [-0.05, 0) is 25.5 Å². The smallest absolute Gasteiger partial charge is 0.274 e. The second-order valence-electron chi connectivity index (χ2n) is 3.73. The lowest BCUT2D eigenvalue weighted by atomic mass is 9.99. The monoisotopic (exact) mass is 224 g/mol. The van der Waals surface area contributed by atoms with Crippen molar-refractivity contribution in [1.82, 2.24) is 0 Å². The molecular weight excluding hydrogens is 211 g/mol. The Hall–Kier alpha value is -1.75. The fourth-order valence-electron chi connectivity index (χ4n) is 1.47. The molecule has 1 aromatic carbocycles. The minimum atomic E-state index is -0.603. The van der Waals surface area contributed by atoms with Crippen LogP contribution in [0.15, 0.2) is 30.4 Å². The van der Waals surface area contributed by atoms with E-state index < -0.39 is 16.8 Å². The molecule has 0 aromatic heterocycles. The third-order valence-corrected chi connectivity index (χ3v) is 2.15. The SMILES string of the molecule is C=C(C)C[C@H](N)c1cc(F)ccc1[N+](=O)[O-]. The first-order valence-corrected chi connectivity index (χ1v) is 4.75. The van der Waals surface area contributed by atoms with Crippen molar-refractivity contribution in [3.63, 3.8) is 0 Å². The third kappa shape index (κ3) is 2.87. The third-order valence-electron chi connectivity index (χ3n) is 2.15. The largest absolute Gasteiger partial charge is 0.323 e. The zero-order valence-corrected chi connectivity index (χ0v) is 8.94. The van der Waals surface area contributed by atoms with E-state index in [2.05, 4.69) is 6.58 Å². The molecule has 1 aromatic rings. The molecule has 0 saturated carbocycles. The molecule has 2 N–H and O–H groups in total. The first-order chi connectivity index (χ1) is 7.41. The summed E-state index contributed by atoms with van der Waals surface area (Å²) in [6, 6.07) is 2.68. The van der Waals surface area contributed by atoms with E-state index in [1.54, 1.807) is 6.92 Å². The lowest BCUT2D eigenvalue weighted by Gasteiger charge is -2.12. The van der Waals surface area contributed by atoms with E-state index in [0.717, 1.165) is 23.8 Å². The van der Waals surface area contributed by atoms with E-state index in [-0.39, 0.29) is 11.3 Å². The first kappa shape index (κ1) is 12.3. The average molecular weight is 224 g/mol. The van der Waals surface area contributed by atoms with Gasteiger partial charge in [0, 0.05) is 17.7 Å². The Morgan fingerprint density at radius 3 is 2.81 bits per heavy atom. The fraction of sp³-hybridized carbons (Fsp3) is 0.273. The summed E-state index contributed by atoms with van der Waals surface area (Å²) in [6.07, 6.45) is 0.393. The number of rotatable bonds is 4. The van der Waals surface area contributed by atoms with Crippen LogP contribution in [0.5, 0.6) is 0 Å². The summed E-state index contributed by atoms with van der Waals surface area (Å²) in [5.74, 6) is -0.530. The van der Waals surface area contributed by atoms with Crippen molar-refractivity contribution in [3.05, 3.63) is 51.8 Å². The van der Waals surface area contributed by atoms with Gasteiger partial charge in [0.25, 0.3) is 5.69 Å². The number of nitrogens with zero attached hydrogens (tertiary/aromatic N) is 1. The summed E-state index contributed by atoms with van der Waals surface area (Å²) >= 11 is 0. The predicted molar refractivity (Wildman–Crippen MR) is 59.4 cm³/mol. The van der Waals surface area contributed by atoms with E-state index in [9.17, 15) is 14.5 Å². The van der Waals surface area contributed by atoms with Gasteiger partial charge in [-0.3, -0.25) is 10.1 Å². The summed E-state index contributed by atoms with van der Waals surface area (Å²) < 4.78 is 13.0. The van der Waals surface area contributed by atoms with Crippen molar-refractivity contribution in [2.45, 2.75) is 19.4 Å². The maximum absolute atomic E-state index is 13.0. The quantitative estimate of drug-likeness (QED) is 0.485. The normalized spacial score (nSPS) is 12.2. The van der Waals surface area contributed by atoms with Crippen molar-refractivity contribution >= 4 is 5.69 Å². The van der Waals surface area contributed by atoms with Crippen molar-refractivity contribution in [2.75, 3.05) is 0 Å². The highest BCUT2D eigenvalue weighted by atomic mass is 19.1. The lowest BCUT2D eigenvalue weighted by Crippen LogP contribution is -2.13. The highest BCUT2D eigenvalue weighted by Crippen LogP contribution is 2.27. The maximum Gasteiger partial charge on any atom is 0.274 e. The summed E-state index contributed by atoms with van der Waals surface area (Å²) in [6.45, 7) is 5.44. The second-order valence-corrected chi connectivity index (χ2v) is 3.73. The number of nitro groups is 1. The van der Waals surface area contributed by atoms with Gasteiger partial charge < -0.3 is 5.73 Å². The van der Waals surface area contributed by atoms with Crippen LogP contribution in [0.25, 0.3) is 0 Å². The van der Waals surface area contributed by atoms with Crippen LogP contribution in [-0.4, -0.2) is 4.92 Å². The standard InChI is InChI=1S/C11H13FN2O2/c1-7(2)5-10(13)9-6-8(12)3-4-11(9)14(15)16/h3-4,6,10H,1,5,13H2,2H3/t10-/m0/s1. The van der Waals surface area contributed by atoms with Gasteiger partial charge in [-0.15, -0.1) is 6.58 Å². The molecule has 0 bridgehead atoms. The molecule has 0 radical (unpaired) electrons. The molecule has 0 fully saturated rings. The van der Waals surface area contributed by atoms with Gasteiger partial charge in [0.15, 0.2) is 0 Å². The minimum Gasteiger partial charge on any atom is -0.323 e. The van der Waals surface area contributed by atoms with Crippen molar-refractivity contribution in [3.8, 4) is 0 Å². The molecule has 0 amide bonds. The topological polar surface area (TPSA) is 69.2 Å². The molecule has 1 rings (SSSR count). The molecule has 0 saturated heterocycles. The van der Waals surface area contributed by atoms with E-state index >= 15 is 0 Å². The van der Waals surface area contributed by atoms with Crippen molar-refractivity contribution < 1.29 is 9.31 Å². The van der Waals surface area contributed by atoms with Crippen molar-refractivity contribution in [1.29, 1.82) is 0 Å². The van der Waals surface area contributed by atoms with E-state index in [0.29, 0.717) is 6.42 Å². The van der Waals surface area contributed by atoms with Gasteiger partial charge >= 0.3 is 0 Å². The van der Waals surface area contributed by atoms with Gasteiger partial charge in [0.2, 0.25) is 0 Å². The van der Waals surface area contributed by atoms with Crippen LogP contribution in [0.3, 0.4) is 0 Å². The van der Waals surface area contributed by atoms with Crippen LogP contribution >= 0.6 is 0 Å². The number of benzene rings is 1. The Morgan fingerprint density at radius 2 is 2.31 bits per heavy atom. The van der Waals surface area contributed by atoms with Gasteiger partial charge in [0.1, 0.15) is 5.82 Å². The molecule has 0 spiro atoms. The van der Waals surface area contributed by atoms with Gasteiger partial charge in [-0.1, -0.05) is 5.57 Å². The molecule has 16 heavy (non-hydrogen) atoms. The first-order valence-electron chi connectivity index (χ1n) is 4.75. The molecular formula is C11H13FN2O2. The number of nitrogens with two attached hydrogens (primary N) is 1. The van der Waals surface area contributed by atoms with Gasteiger partial charge in [0.05, 0.1) is 4.92 Å². The highest BCUT2D eigenvalue weighted by Gasteiger charge is 2.19. The second kappa shape index (κ2) is 4.85. The van der Waals surface area contributed by atoms with Crippen LogP contribution < -0.4 is 5.73 Å². The average Bonchev–Trinajstić information content (AvgIpc) is 2.15. The number of hydrogen-bond donors (Lipinski definition) is 1. The molecule has 4 nitrogen and oxygen atoms in total. The molecule has 5 heteroatoms. The van der Waals surface area contributed by atoms with E-state index in [4.69, 9.17) is 5.73 Å². The molecule has 1 atom stereocenters. The van der Waals surface area contributed by atoms with Crippen LogP contribution in [0.1, 0.15) is 24.9 Å². The van der Waals surface area contributed by atoms with Crippen LogP contribution in [0.4, 0.5) is 10.1 Å². The maximum atomic E-state index is 13.0. The Balaban J connectivity index is 3.13. The van der Waals surface area contributed by atoms with Crippen LogP contribution in [0.2, 0.25) is 0 Å². The zero-order chi connectivity index (χ0) is 12.3. The fourth-order valence-corrected chi connectivity index (χ4v) is 1.47. The van der Waals surface area contributed by atoms with E-state index in [1.807, 2.05) is 0 Å². The zero-order valence-electron chi connectivity index (χ0n) is 8.94. The van der Waals surface area contributed by atoms with Gasteiger partial charge in [-0.25, -0.2) is 4.39 Å². The number of nitro benzene ring substituents is 1. The molecule has 86 valence electrons. The summed E-state index contributed by atoms with van der Waals surface area (Å²) in [5.41, 5.74) is 6.61. The molecule has 0 heterocycles. The van der Waals surface area contributed by atoms with Crippen LogP contribution in [0, 0.1) is 15.9 Å². The molecule has 0 aliphatic heterocycles. The Kier molecular flexibility index (Phi) is 3.73. The van der Waals surface area contributed by atoms with Crippen molar-refractivity contribution in [2.24, 2.45) is 5.73 Å². The lowest BCUT2D eigenvalue weighted by molar-refractivity contribution is -0.385. The van der Waals surface area contributed by atoms with Gasteiger partial charge in [-0.2, -0.15) is 0 Å². The summed E-state index contributed by atoms with van der Waals surface area (Å²) in [7, 11) is 0. The Labute approximate surface area is 92.7 Å². The van der Waals surface area contributed by atoms with E-state index in [1.165, 1.54) is 0 Å². The number of halogens is 1. The molecule has 0 aliphatic carbocycles. The molecule has 0 aliphatic rings. The highest BCUT2D eigenvalue weighted by molar-refractivity contribution is 5.42. The van der Waals surface area contributed by atoms with Crippen LogP contribution in [-0.2, 0) is 0 Å². The summed E-state index contributed by atoms with van der Waals surface area (Å²) in [4.78, 5) is 10.2. The molecule has 0 unspecified atom stereocenters. The Morgan fingerprint density at radius 1 is 1.69 bits per heavy atom. The number of hydrogen-bond acceptors (Lipinski definition) is 3. The predicted octanol–water partition coefficient (Wildman–Crippen LogP) is 2.70. The minimum absolute atomic E-state index is 0.157. The summed E-state index contributed by atoms with van der Waals surface area (Å²) in [5, 5.41) is 10.7.